The minimum absolute atomic E-state index is 0.119. The molecule has 0 heterocycles. The van der Waals surface area contributed by atoms with E-state index in [0.717, 1.165) is 0 Å². The van der Waals surface area contributed by atoms with Crippen LogP contribution in [0.3, 0.4) is 0 Å². The third kappa shape index (κ3) is 15.9. The summed E-state index contributed by atoms with van der Waals surface area (Å²) in [5.41, 5.74) is 26.5. The van der Waals surface area contributed by atoms with Crippen molar-refractivity contribution in [2.45, 2.75) is 57.0 Å². The van der Waals surface area contributed by atoms with Gasteiger partial charge in [0.25, 0.3) is 0 Å². The number of hydrogen-bond donors (Lipinski definition) is 8. The second kappa shape index (κ2) is 18.8. The highest BCUT2D eigenvalue weighted by Crippen LogP contribution is 2.05. The maximum Gasteiger partial charge on any atom is 0.326 e. The Morgan fingerprint density at radius 1 is 0.971 bits per heavy atom. The lowest BCUT2D eigenvalue weighted by molar-refractivity contribution is -0.142. The summed E-state index contributed by atoms with van der Waals surface area (Å²) in [6, 6.07) is -2.24. The van der Waals surface area contributed by atoms with Crippen LogP contribution < -0.4 is 38.6 Å². The van der Waals surface area contributed by atoms with Crippen molar-refractivity contribution >= 4 is 29.7 Å². The van der Waals surface area contributed by atoms with Crippen molar-refractivity contribution in [2.75, 3.05) is 26.2 Å². The summed E-state index contributed by atoms with van der Waals surface area (Å²) in [6.07, 6.45) is 2.19. The van der Waals surface area contributed by atoms with Gasteiger partial charge in [-0.25, -0.2) is 4.79 Å². The molecule has 0 bridgehead atoms. The molecule has 0 aliphatic heterocycles. The minimum Gasteiger partial charge on any atom is -0.480 e. The fraction of sp³-hybridized carbons (Fsp3) is 0.722. The molecule has 16 nitrogen and oxygen atoms in total. The molecule has 192 valence electrons. The average molecular weight is 486 g/mol. The molecule has 0 saturated heterocycles. The van der Waals surface area contributed by atoms with E-state index < -0.39 is 29.9 Å². The Hall–Kier alpha value is -3.78. The van der Waals surface area contributed by atoms with E-state index in [2.05, 4.69) is 36.5 Å². The summed E-state index contributed by atoms with van der Waals surface area (Å²) in [7, 11) is 0. The van der Waals surface area contributed by atoms with Crippen LogP contribution in [0.15, 0.2) is 10.2 Å². The third-order valence-electron chi connectivity index (χ3n) is 4.41. The third-order valence-corrected chi connectivity index (χ3v) is 4.41. The molecule has 11 N–H and O–H groups in total. The number of azide groups is 1. The number of aliphatic carboxylic acids is 1. The quantitative estimate of drug-likeness (QED) is 0.0189. The SMILES string of the molecule is [N-]=[N+]=NNCCCC[C@H](NC(=O)[C@H](CCCN=C(N)N)NC(=O)CNC(=O)CCCN)C(=O)O. The average Bonchev–Trinajstić information content (AvgIpc) is 2.79. The molecule has 0 unspecified atom stereocenters. The van der Waals surface area contributed by atoms with Gasteiger partial charge in [0.15, 0.2) is 5.96 Å². The van der Waals surface area contributed by atoms with Crippen molar-refractivity contribution in [2.24, 2.45) is 27.4 Å². The van der Waals surface area contributed by atoms with Gasteiger partial charge < -0.3 is 38.3 Å². The van der Waals surface area contributed by atoms with Gasteiger partial charge in [-0.05, 0) is 50.3 Å². The van der Waals surface area contributed by atoms with E-state index >= 15 is 0 Å². The Morgan fingerprint density at radius 3 is 2.29 bits per heavy atom. The zero-order chi connectivity index (χ0) is 25.8. The van der Waals surface area contributed by atoms with Crippen molar-refractivity contribution in [1.82, 2.24) is 21.4 Å². The Balaban J connectivity index is 4.93. The zero-order valence-electron chi connectivity index (χ0n) is 19.0. The first kappa shape index (κ1) is 30.2. The van der Waals surface area contributed by atoms with Gasteiger partial charge in [0.1, 0.15) is 12.1 Å². The summed E-state index contributed by atoms with van der Waals surface area (Å²) in [5.74, 6) is -3.00. The number of carboxylic acids is 1. The van der Waals surface area contributed by atoms with E-state index in [1.165, 1.54) is 0 Å². The lowest BCUT2D eigenvalue weighted by Crippen LogP contribution is -2.53. The molecule has 0 spiro atoms. The highest BCUT2D eigenvalue weighted by molar-refractivity contribution is 5.91. The monoisotopic (exact) mass is 485 g/mol. The van der Waals surface area contributed by atoms with Crippen molar-refractivity contribution in [3.63, 3.8) is 0 Å². The van der Waals surface area contributed by atoms with Crippen LogP contribution in [0.2, 0.25) is 0 Å². The molecular formula is C18H35N11O5. The van der Waals surface area contributed by atoms with Crippen LogP contribution in [0.1, 0.15) is 44.9 Å². The van der Waals surface area contributed by atoms with Gasteiger partial charge in [-0.15, -0.1) is 5.53 Å². The Morgan fingerprint density at radius 2 is 1.68 bits per heavy atom. The molecule has 0 rings (SSSR count). The van der Waals surface area contributed by atoms with E-state index in [-0.39, 0.29) is 44.2 Å². The Bertz CT molecular complexity index is 736. The predicted molar refractivity (Wildman–Crippen MR) is 124 cm³/mol. The molecule has 34 heavy (non-hydrogen) atoms. The molecule has 0 aliphatic carbocycles. The first-order valence-electron chi connectivity index (χ1n) is 10.8. The van der Waals surface area contributed by atoms with E-state index in [9.17, 15) is 24.3 Å². The van der Waals surface area contributed by atoms with E-state index in [1.54, 1.807) is 0 Å². The van der Waals surface area contributed by atoms with Crippen LogP contribution in [-0.2, 0) is 19.2 Å². The molecule has 16 heteroatoms. The lowest BCUT2D eigenvalue weighted by Gasteiger charge is -2.21. The van der Waals surface area contributed by atoms with E-state index in [0.29, 0.717) is 38.8 Å². The van der Waals surface area contributed by atoms with Crippen molar-refractivity contribution in [3.05, 3.63) is 10.4 Å². The molecule has 0 saturated carbocycles. The van der Waals surface area contributed by atoms with Gasteiger partial charge in [-0.2, -0.15) is 4.91 Å². The van der Waals surface area contributed by atoms with Gasteiger partial charge in [0, 0.05) is 13.0 Å². The van der Waals surface area contributed by atoms with Gasteiger partial charge >= 0.3 is 5.97 Å². The standard InChI is InChI=1S/C18H35N11O5/c19-8-3-7-14(30)24-11-15(31)26-12(6-4-9-23-18(20)21)16(32)27-13(17(33)34)5-1-2-10-25-29-28-22/h12-13,25H,1-11,19H2,(H,24,30)(H,26,31)(H,27,32)(H,33,34)(H4,20,21,23)/t12-,13-/m0/s1. The molecule has 2 atom stereocenters. The highest BCUT2D eigenvalue weighted by Gasteiger charge is 2.26. The van der Waals surface area contributed by atoms with Crippen LogP contribution in [0.4, 0.5) is 0 Å². The molecule has 0 fully saturated rings. The number of hydrogen-bond acceptors (Lipinski definition) is 7. The van der Waals surface area contributed by atoms with Crippen LogP contribution in [-0.4, -0.2) is 73.0 Å². The Labute approximate surface area is 197 Å². The van der Waals surface area contributed by atoms with Crippen molar-refractivity contribution < 1.29 is 24.3 Å². The molecule has 0 aromatic heterocycles. The lowest BCUT2D eigenvalue weighted by atomic mass is 10.1. The molecular weight excluding hydrogens is 450 g/mol. The molecule has 0 aliphatic rings. The van der Waals surface area contributed by atoms with E-state index in [1.807, 2.05) is 0 Å². The fourth-order valence-corrected chi connectivity index (χ4v) is 2.71. The number of nitrogens with zero attached hydrogens (tertiary/aromatic N) is 4. The summed E-state index contributed by atoms with van der Waals surface area (Å²) in [4.78, 5) is 54.5. The maximum atomic E-state index is 12.7. The summed E-state index contributed by atoms with van der Waals surface area (Å²) >= 11 is 0. The second-order valence-electron chi connectivity index (χ2n) is 7.23. The number of nitrogens with two attached hydrogens (primary N) is 3. The number of unbranched alkanes of at least 4 members (excludes halogenated alkanes) is 1. The summed E-state index contributed by atoms with van der Waals surface area (Å²) in [5, 5.41) is 19.9. The van der Waals surface area contributed by atoms with Gasteiger partial charge in [0.2, 0.25) is 17.7 Å². The number of carbonyl (C=O) groups excluding carboxylic acids is 3. The molecule has 0 radical (unpaired) electrons. The minimum atomic E-state index is -1.23. The highest BCUT2D eigenvalue weighted by atomic mass is 16.4. The molecule has 0 aromatic rings. The topological polar surface area (TPSA) is 276 Å². The van der Waals surface area contributed by atoms with Crippen LogP contribution in [0.5, 0.6) is 0 Å². The number of guanidine groups is 1. The van der Waals surface area contributed by atoms with Crippen LogP contribution in [0, 0.1) is 0 Å². The van der Waals surface area contributed by atoms with E-state index in [4.69, 9.17) is 22.7 Å². The zero-order valence-corrected chi connectivity index (χ0v) is 19.0. The fourth-order valence-electron chi connectivity index (χ4n) is 2.71. The summed E-state index contributed by atoms with van der Waals surface area (Å²) < 4.78 is 0. The number of carbonyl (C=O) groups is 4. The molecule has 0 aromatic carbocycles. The second-order valence-corrected chi connectivity index (χ2v) is 7.23. The predicted octanol–water partition coefficient (Wildman–Crippen LogP) is -2.07. The van der Waals surface area contributed by atoms with Crippen LogP contribution >= 0.6 is 0 Å². The maximum absolute atomic E-state index is 12.7. The normalized spacial score (nSPS) is 11.8. The number of carboxylic acid groups (broad SMARTS) is 1. The van der Waals surface area contributed by atoms with Crippen molar-refractivity contribution in [1.29, 1.82) is 0 Å². The smallest absolute Gasteiger partial charge is 0.326 e. The number of nitrogens with one attached hydrogen (secondary N) is 4. The number of aliphatic imine (C=N–C) groups is 1. The van der Waals surface area contributed by atoms with Crippen molar-refractivity contribution in [3.8, 4) is 0 Å². The Kier molecular flexibility index (Phi) is 16.7. The first-order chi connectivity index (χ1) is 16.2. The number of amides is 3. The van der Waals surface area contributed by atoms with Gasteiger partial charge in [-0.1, -0.05) is 0 Å². The largest absolute Gasteiger partial charge is 0.480 e. The van der Waals surface area contributed by atoms with Gasteiger partial charge in [-0.3, -0.25) is 24.8 Å². The van der Waals surface area contributed by atoms with Gasteiger partial charge in [0.05, 0.1) is 13.1 Å². The van der Waals surface area contributed by atoms with Crippen LogP contribution in [0.25, 0.3) is 10.4 Å². The summed E-state index contributed by atoms with van der Waals surface area (Å²) in [6.45, 7) is 0.553. The number of rotatable bonds is 19. The molecule has 3 amide bonds. The first-order valence-corrected chi connectivity index (χ1v) is 10.8.